The van der Waals surface area contributed by atoms with Crippen molar-refractivity contribution in [2.24, 2.45) is 0 Å². The zero-order valence-electron chi connectivity index (χ0n) is 15.2. The SMILES string of the molecule is CNC(=O)c1ccccc1NC1CCn2nnc(C)c2-c2ccc(Br)cc21. The van der Waals surface area contributed by atoms with Gasteiger partial charge in [0.25, 0.3) is 5.91 Å². The maximum absolute atomic E-state index is 12.2. The molecule has 1 aromatic heterocycles. The van der Waals surface area contributed by atoms with E-state index in [4.69, 9.17) is 0 Å². The topological polar surface area (TPSA) is 71.8 Å². The molecule has 0 saturated carbocycles. The lowest BCUT2D eigenvalue weighted by Gasteiger charge is -2.22. The lowest BCUT2D eigenvalue weighted by Crippen LogP contribution is -2.21. The third kappa shape index (κ3) is 3.23. The van der Waals surface area contributed by atoms with Gasteiger partial charge in [0.05, 0.1) is 23.0 Å². The van der Waals surface area contributed by atoms with Gasteiger partial charge in [0.15, 0.2) is 0 Å². The zero-order chi connectivity index (χ0) is 19.0. The quantitative estimate of drug-likeness (QED) is 0.666. The van der Waals surface area contributed by atoms with Crippen LogP contribution in [0.2, 0.25) is 0 Å². The summed E-state index contributed by atoms with van der Waals surface area (Å²) in [6.07, 6.45) is 0.835. The summed E-state index contributed by atoms with van der Waals surface area (Å²) in [5.41, 5.74) is 5.72. The van der Waals surface area contributed by atoms with Crippen LogP contribution in [0.15, 0.2) is 46.9 Å². The zero-order valence-corrected chi connectivity index (χ0v) is 16.7. The number of fused-ring (bicyclic) bond motifs is 3. The summed E-state index contributed by atoms with van der Waals surface area (Å²) < 4.78 is 2.99. The van der Waals surface area contributed by atoms with Crippen LogP contribution >= 0.6 is 15.9 Å². The number of carbonyl (C=O) groups is 1. The molecule has 3 aromatic rings. The number of hydrogen-bond donors (Lipinski definition) is 2. The molecule has 0 bridgehead atoms. The Morgan fingerprint density at radius 3 is 2.89 bits per heavy atom. The molecule has 0 saturated heterocycles. The largest absolute Gasteiger partial charge is 0.377 e. The van der Waals surface area contributed by atoms with Gasteiger partial charge in [-0.1, -0.05) is 39.3 Å². The number of para-hydroxylation sites is 1. The first kappa shape index (κ1) is 17.7. The van der Waals surface area contributed by atoms with Crippen molar-refractivity contribution in [2.75, 3.05) is 12.4 Å². The van der Waals surface area contributed by atoms with Crippen molar-refractivity contribution in [2.45, 2.75) is 25.9 Å². The summed E-state index contributed by atoms with van der Waals surface area (Å²) >= 11 is 3.60. The second-order valence-electron chi connectivity index (χ2n) is 6.59. The van der Waals surface area contributed by atoms with Gasteiger partial charge in [0, 0.05) is 29.3 Å². The number of rotatable bonds is 3. The highest BCUT2D eigenvalue weighted by Gasteiger charge is 2.26. The minimum absolute atomic E-state index is 0.0457. The highest BCUT2D eigenvalue weighted by atomic mass is 79.9. The number of amides is 1. The predicted octanol–water partition coefficient (Wildman–Crippen LogP) is 3.93. The van der Waals surface area contributed by atoms with Crippen LogP contribution in [0.25, 0.3) is 11.3 Å². The van der Waals surface area contributed by atoms with E-state index in [1.807, 2.05) is 41.9 Å². The smallest absolute Gasteiger partial charge is 0.253 e. The maximum atomic E-state index is 12.2. The fourth-order valence-electron chi connectivity index (χ4n) is 3.61. The minimum atomic E-state index is -0.103. The Morgan fingerprint density at radius 1 is 1.26 bits per heavy atom. The summed E-state index contributed by atoms with van der Waals surface area (Å²) in [7, 11) is 1.64. The van der Waals surface area contributed by atoms with E-state index >= 15 is 0 Å². The normalized spacial score (nSPS) is 15.4. The van der Waals surface area contributed by atoms with Crippen molar-refractivity contribution in [3.63, 3.8) is 0 Å². The molecule has 4 rings (SSSR count). The van der Waals surface area contributed by atoms with Crippen LogP contribution in [0.5, 0.6) is 0 Å². The number of aromatic nitrogens is 3. The molecule has 1 amide bonds. The average Bonchev–Trinajstić information content (AvgIpc) is 2.97. The lowest BCUT2D eigenvalue weighted by atomic mass is 9.96. The molecule has 138 valence electrons. The molecular weight excluding hydrogens is 406 g/mol. The lowest BCUT2D eigenvalue weighted by molar-refractivity contribution is 0.0964. The number of hydrogen-bond acceptors (Lipinski definition) is 4. The third-order valence-corrected chi connectivity index (χ3v) is 5.40. The number of nitrogens with zero attached hydrogens (tertiary/aromatic N) is 3. The van der Waals surface area contributed by atoms with Gasteiger partial charge in [-0.25, -0.2) is 4.68 Å². The van der Waals surface area contributed by atoms with E-state index in [0.717, 1.165) is 40.1 Å². The number of anilines is 1. The van der Waals surface area contributed by atoms with Crippen LogP contribution < -0.4 is 10.6 Å². The second-order valence-corrected chi connectivity index (χ2v) is 7.50. The molecule has 0 aliphatic carbocycles. The van der Waals surface area contributed by atoms with Crippen molar-refractivity contribution in [1.29, 1.82) is 0 Å². The molecule has 27 heavy (non-hydrogen) atoms. The van der Waals surface area contributed by atoms with E-state index in [9.17, 15) is 4.79 Å². The highest BCUT2D eigenvalue weighted by molar-refractivity contribution is 9.10. The van der Waals surface area contributed by atoms with E-state index in [0.29, 0.717) is 5.56 Å². The maximum Gasteiger partial charge on any atom is 0.253 e. The van der Waals surface area contributed by atoms with Crippen LogP contribution in [-0.2, 0) is 6.54 Å². The standard InChI is InChI=1S/C20H20BrN5O/c1-12-19-14-8-7-13(21)11-16(14)18(9-10-26(19)25-24-12)23-17-6-4-3-5-15(17)20(27)22-2/h3-8,11,18,23H,9-10H2,1-2H3,(H,22,27). The number of nitrogens with one attached hydrogen (secondary N) is 2. The number of halogens is 1. The average molecular weight is 426 g/mol. The fraction of sp³-hybridized carbons (Fsp3) is 0.250. The monoisotopic (exact) mass is 425 g/mol. The van der Waals surface area contributed by atoms with Crippen molar-refractivity contribution < 1.29 is 4.79 Å². The van der Waals surface area contributed by atoms with Gasteiger partial charge in [-0.15, -0.1) is 5.10 Å². The van der Waals surface area contributed by atoms with E-state index in [2.05, 4.69) is 49.0 Å². The number of carbonyl (C=O) groups excluding carboxylic acids is 1. The molecule has 1 atom stereocenters. The first-order chi connectivity index (χ1) is 13.1. The molecule has 0 spiro atoms. The van der Waals surface area contributed by atoms with Crippen molar-refractivity contribution in [3.8, 4) is 11.3 Å². The van der Waals surface area contributed by atoms with Gasteiger partial charge in [-0.2, -0.15) is 0 Å². The Kier molecular flexibility index (Phi) is 4.70. The molecule has 7 heteroatoms. The summed E-state index contributed by atoms with van der Waals surface area (Å²) in [4.78, 5) is 12.2. The highest BCUT2D eigenvalue weighted by Crippen LogP contribution is 2.38. The Bertz CT molecular complexity index is 1010. The van der Waals surface area contributed by atoms with Gasteiger partial charge in [-0.3, -0.25) is 4.79 Å². The number of aryl methyl sites for hydroxylation is 2. The van der Waals surface area contributed by atoms with Crippen LogP contribution in [0.4, 0.5) is 5.69 Å². The predicted molar refractivity (Wildman–Crippen MR) is 109 cm³/mol. The second kappa shape index (κ2) is 7.15. The molecular formula is C20H20BrN5O. The Balaban J connectivity index is 1.79. The Morgan fingerprint density at radius 2 is 2.07 bits per heavy atom. The molecule has 1 aliphatic heterocycles. The summed E-state index contributed by atoms with van der Waals surface area (Å²) in [5.74, 6) is -0.103. The van der Waals surface area contributed by atoms with Crippen LogP contribution in [0, 0.1) is 6.92 Å². The summed E-state index contributed by atoms with van der Waals surface area (Å²) in [5, 5.41) is 14.8. The van der Waals surface area contributed by atoms with E-state index in [1.165, 1.54) is 5.56 Å². The van der Waals surface area contributed by atoms with Crippen molar-refractivity contribution in [3.05, 3.63) is 63.8 Å². The Hall–Kier alpha value is -2.67. The third-order valence-electron chi connectivity index (χ3n) is 4.91. The van der Waals surface area contributed by atoms with Gasteiger partial charge < -0.3 is 10.6 Å². The Labute approximate surface area is 166 Å². The van der Waals surface area contributed by atoms with Crippen LogP contribution in [-0.4, -0.2) is 27.9 Å². The van der Waals surface area contributed by atoms with Crippen LogP contribution in [0.1, 0.15) is 34.1 Å². The summed E-state index contributed by atoms with van der Waals surface area (Å²) in [6, 6.07) is 13.9. The summed E-state index contributed by atoms with van der Waals surface area (Å²) in [6.45, 7) is 2.74. The molecule has 2 aromatic carbocycles. The first-order valence-corrected chi connectivity index (χ1v) is 9.65. The molecule has 6 nitrogen and oxygen atoms in total. The van der Waals surface area contributed by atoms with Gasteiger partial charge in [0.2, 0.25) is 0 Å². The molecule has 1 unspecified atom stereocenters. The first-order valence-electron chi connectivity index (χ1n) is 8.86. The molecule has 0 radical (unpaired) electrons. The molecule has 1 aliphatic rings. The minimum Gasteiger partial charge on any atom is -0.377 e. The van der Waals surface area contributed by atoms with Gasteiger partial charge in [0.1, 0.15) is 0 Å². The van der Waals surface area contributed by atoms with E-state index < -0.39 is 0 Å². The van der Waals surface area contributed by atoms with Crippen molar-refractivity contribution >= 4 is 27.5 Å². The number of benzene rings is 2. The van der Waals surface area contributed by atoms with E-state index in [1.54, 1.807) is 7.05 Å². The van der Waals surface area contributed by atoms with Crippen molar-refractivity contribution in [1.82, 2.24) is 20.3 Å². The van der Waals surface area contributed by atoms with Gasteiger partial charge >= 0.3 is 0 Å². The molecule has 2 heterocycles. The van der Waals surface area contributed by atoms with Crippen LogP contribution in [0.3, 0.4) is 0 Å². The van der Waals surface area contributed by atoms with Gasteiger partial charge in [-0.05, 0) is 43.2 Å². The molecule has 2 N–H and O–H groups in total. The van der Waals surface area contributed by atoms with E-state index in [-0.39, 0.29) is 11.9 Å². The fourth-order valence-corrected chi connectivity index (χ4v) is 3.99. The molecule has 0 fully saturated rings.